The maximum atomic E-state index is 11.6. The van der Waals surface area contributed by atoms with E-state index in [4.69, 9.17) is 10.8 Å². The molecule has 0 aliphatic rings. The molecule has 0 saturated heterocycles. The van der Waals surface area contributed by atoms with Gasteiger partial charge in [-0.1, -0.05) is 20.8 Å². The van der Waals surface area contributed by atoms with Crippen molar-refractivity contribution < 1.29 is 14.7 Å². The fourth-order valence-electron chi connectivity index (χ4n) is 0.980. The summed E-state index contributed by atoms with van der Waals surface area (Å²) in [5, 5.41) is 11.3. The van der Waals surface area contributed by atoms with Crippen molar-refractivity contribution in [3.05, 3.63) is 0 Å². The van der Waals surface area contributed by atoms with Crippen molar-refractivity contribution in [2.45, 2.75) is 45.7 Å². The van der Waals surface area contributed by atoms with Crippen LogP contribution in [0.3, 0.4) is 0 Å². The predicted octanol–water partition coefficient (Wildman–Crippen LogP) is 0.339. The van der Waals surface area contributed by atoms with Crippen molar-refractivity contribution in [1.82, 2.24) is 5.32 Å². The number of carboxylic acid groups (broad SMARTS) is 1. The lowest BCUT2D eigenvalue weighted by Crippen LogP contribution is -2.56. The van der Waals surface area contributed by atoms with Crippen molar-refractivity contribution in [2.75, 3.05) is 0 Å². The molecular weight excluding hydrogens is 196 g/mol. The van der Waals surface area contributed by atoms with E-state index in [0.29, 0.717) is 6.42 Å². The van der Waals surface area contributed by atoms with E-state index in [0.717, 1.165) is 0 Å². The zero-order valence-corrected chi connectivity index (χ0v) is 9.70. The molecule has 0 aromatic carbocycles. The van der Waals surface area contributed by atoms with Gasteiger partial charge in [-0.25, -0.2) is 4.79 Å². The minimum absolute atomic E-state index is 0.167. The van der Waals surface area contributed by atoms with Gasteiger partial charge in [-0.2, -0.15) is 0 Å². The van der Waals surface area contributed by atoms with Gasteiger partial charge in [-0.15, -0.1) is 0 Å². The number of carboxylic acids is 1. The molecule has 0 aromatic heterocycles. The first kappa shape index (κ1) is 13.9. The molecule has 0 saturated carbocycles. The molecule has 2 atom stereocenters. The average Bonchev–Trinajstić information content (AvgIpc) is 2.12. The molecule has 88 valence electrons. The molecule has 5 heteroatoms. The van der Waals surface area contributed by atoms with Crippen LogP contribution < -0.4 is 11.1 Å². The third kappa shape index (κ3) is 3.87. The second-order valence-electron chi connectivity index (χ2n) is 4.30. The highest BCUT2D eigenvalue weighted by molar-refractivity contribution is 5.89. The SMILES string of the molecule is CCC(C)(N)C(=O)NC(C(=O)O)C(C)C. The Labute approximate surface area is 90.0 Å². The molecule has 0 aliphatic heterocycles. The van der Waals surface area contributed by atoms with Crippen LogP contribution in [0, 0.1) is 5.92 Å². The van der Waals surface area contributed by atoms with Crippen LogP contribution in [0.1, 0.15) is 34.1 Å². The summed E-state index contributed by atoms with van der Waals surface area (Å²) in [6.07, 6.45) is 0.462. The first-order chi connectivity index (χ1) is 6.72. The lowest BCUT2D eigenvalue weighted by molar-refractivity contribution is -0.143. The Bertz CT molecular complexity index is 249. The van der Waals surface area contributed by atoms with Crippen LogP contribution in [0.25, 0.3) is 0 Å². The van der Waals surface area contributed by atoms with Crippen LogP contribution in [-0.2, 0) is 9.59 Å². The molecule has 0 aliphatic carbocycles. The van der Waals surface area contributed by atoms with Crippen molar-refractivity contribution >= 4 is 11.9 Å². The van der Waals surface area contributed by atoms with Crippen LogP contribution in [0.2, 0.25) is 0 Å². The van der Waals surface area contributed by atoms with Gasteiger partial charge in [0.2, 0.25) is 5.91 Å². The number of carbonyl (C=O) groups is 2. The van der Waals surface area contributed by atoms with Crippen molar-refractivity contribution in [1.29, 1.82) is 0 Å². The minimum Gasteiger partial charge on any atom is -0.480 e. The maximum absolute atomic E-state index is 11.6. The first-order valence-corrected chi connectivity index (χ1v) is 5.05. The van der Waals surface area contributed by atoms with E-state index in [9.17, 15) is 9.59 Å². The fourth-order valence-corrected chi connectivity index (χ4v) is 0.980. The van der Waals surface area contributed by atoms with Gasteiger partial charge in [0.05, 0.1) is 5.54 Å². The fraction of sp³-hybridized carbons (Fsp3) is 0.800. The van der Waals surface area contributed by atoms with Crippen LogP contribution in [0.5, 0.6) is 0 Å². The van der Waals surface area contributed by atoms with Crippen molar-refractivity contribution in [2.24, 2.45) is 11.7 Å². The second-order valence-corrected chi connectivity index (χ2v) is 4.30. The number of nitrogens with one attached hydrogen (secondary N) is 1. The van der Waals surface area contributed by atoms with E-state index in [1.54, 1.807) is 27.7 Å². The van der Waals surface area contributed by atoms with Crippen molar-refractivity contribution in [3.8, 4) is 0 Å². The zero-order chi connectivity index (χ0) is 12.2. The zero-order valence-electron chi connectivity index (χ0n) is 9.70. The summed E-state index contributed by atoms with van der Waals surface area (Å²) in [5.74, 6) is -1.63. The monoisotopic (exact) mass is 216 g/mol. The largest absolute Gasteiger partial charge is 0.480 e. The van der Waals surface area contributed by atoms with Crippen LogP contribution in [0.15, 0.2) is 0 Å². The van der Waals surface area contributed by atoms with Crippen LogP contribution in [-0.4, -0.2) is 28.6 Å². The molecule has 0 fully saturated rings. The summed E-state index contributed by atoms with van der Waals surface area (Å²) in [6, 6.07) is -0.882. The summed E-state index contributed by atoms with van der Waals surface area (Å²) in [7, 11) is 0. The first-order valence-electron chi connectivity index (χ1n) is 5.05. The molecule has 0 heterocycles. The van der Waals surface area contributed by atoms with Gasteiger partial charge in [0, 0.05) is 0 Å². The number of rotatable bonds is 5. The summed E-state index contributed by atoms with van der Waals surface area (Å²) in [6.45, 7) is 6.84. The minimum atomic E-state index is -1.04. The molecule has 4 N–H and O–H groups in total. The van der Waals surface area contributed by atoms with Gasteiger partial charge in [0.1, 0.15) is 6.04 Å². The summed E-state index contributed by atoms with van der Waals surface area (Å²) >= 11 is 0. The Morgan fingerprint density at radius 2 is 1.93 bits per heavy atom. The van der Waals surface area contributed by atoms with E-state index < -0.39 is 23.5 Å². The lowest BCUT2D eigenvalue weighted by Gasteiger charge is -2.25. The third-order valence-electron chi connectivity index (χ3n) is 2.47. The van der Waals surface area contributed by atoms with E-state index in [-0.39, 0.29) is 5.92 Å². The number of amides is 1. The molecule has 0 bridgehead atoms. The van der Waals surface area contributed by atoms with E-state index >= 15 is 0 Å². The quantitative estimate of drug-likeness (QED) is 0.618. The van der Waals surface area contributed by atoms with E-state index in [1.807, 2.05) is 0 Å². The second kappa shape index (κ2) is 5.11. The summed E-state index contributed by atoms with van der Waals surface area (Å²) in [5.41, 5.74) is 4.69. The number of carbonyl (C=O) groups excluding carboxylic acids is 1. The molecule has 0 aromatic rings. The Hall–Kier alpha value is -1.10. The Kier molecular flexibility index (Phi) is 4.74. The van der Waals surface area contributed by atoms with Crippen molar-refractivity contribution in [3.63, 3.8) is 0 Å². The normalized spacial score (nSPS) is 16.9. The highest BCUT2D eigenvalue weighted by Crippen LogP contribution is 2.08. The standard InChI is InChI=1S/C10H20N2O3/c1-5-10(4,11)9(15)12-7(6(2)3)8(13)14/h6-7H,5,11H2,1-4H3,(H,12,15)(H,13,14). The van der Waals surface area contributed by atoms with Gasteiger partial charge >= 0.3 is 5.97 Å². The molecule has 0 spiro atoms. The molecule has 2 unspecified atom stereocenters. The highest BCUT2D eigenvalue weighted by Gasteiger charge is 2.31. The topological polar surface area (TPSA) is 92.4 Å². The lowest BCUT2D eigenvalue weighted by atomic mass is 9.97. The highest BCUT2D eigenvalue weighted by atomic mass is 16.4. The van der Waals surface area contributed by atoms with Gasteiger partial charge in [-0.05, 0) is 19.3 Å². The van der Waals surface area contributed by atoms with Gasteiger partial charge in [-0.3, -0.25) is 4.79 Å². The number of nitrogens with two attached hydrogens (primary N) is 1. The average molecular weight is 216 g/mol. The molecule has 0 rings (SSSR count). The van der Waals surface area contributed by atoms with Gasteiger partial charge < -0.3 is 16.2 Å². The van der Waals surface area contributed by atoms with Crippen LogP contribution in [0.4, 0.5) is 0 Å². The molecular formula is C10H20N2O3. The smallest absolute Gasteiger partial charge is 0.326 e. The third-order valence-corrected chi connectivity index (χ3v) is 2.47. The Morgan fingerprint density at radius 1 is 1.47 bits per heavy atom. The summed E-state index contributed by atoms with van der Waals surface area (Å²) in [4.78, 5) is 22.5. The van der Waals surface area contributed by atoms with E-state index in [2.05, 4.69) is 5.32 Å². The Balaban J connectivity index is 4.57. The Morgan fingerprint density at radius 3 is 2.20 bits per heavy atom. The molecule has 1 amide bonds. The number of hydrogen-bond donors (Lipinski definition) is 3. The van der Waals surface area contributed by atoms with Gasteiger partial charge in [0.15, 0.2) is 0 Å². The summed E-state index contributed by atoms with van der Waals surface area (Å²) < 4.78 is 0. The maximum Gasteiger partial charge on any atom is 0.326 e. The number of aliphatic carboxylic acids is 1. The number of hydrogen-bond acceptors (Lipinski definition) is 3. The van der Waals surface area contributed by atoms with Crippen LogP contribution >= 0.6 is 0 Å². The molecule has 15 heavy (non-hydrogen) atoms. The predicted molar refractivity (Wildman–Crippen MR) is 57.3 cm³/mol. The van der Waals surface area contributed by atoms with E-state index in [1.165, 1.54) is 0 Å². The van der Waals surface area contributed by atoms with Gasteiger partial charge in [0.25, 0.3) is 0 Å². The molecule has 5 nitrogen and oxygen atoms in total. The molecule has 0 radical (unpaired) electrons.